The number of carbonyl (C=O) groups is 1. The second-order valence-corrected chi connectivity index (χ2v) is 5.56. The van der Waals surface area contributed by atoms with Gasteiger partial charge >= 0.3 is 5.97 Å². The first kappa shape index (κ1) is 15.9. The van der Waals surface area contributed by atoms with Crippen molar-refractivity contribution >= 4 is 32.8 Å². The monoisotopic (exact) mass is 352 g/mol. The van der Waals surface area contributed by atoms with E-state index in [0.717, 1.165) is 20.9 Å². The molecular formula is C15H17BrN2O3. The Hall–Kier alpha value is -1.50. The van der Waals surface area contributed by atoms with Gasteiger partial charge in [0.2, 0.25) is 0 Å². The van der Waals surface area contributed by atoms with E-state index in [1.165, 1.54) is 0 Å². The molecule has 5 nitrogen and oxygen atoms in total. The van der Waals surface area contributed by atoms with Gasteiger partial charge in [-0.05, 0) is 17.7 Å². The van der Waals surface area contributed by atoms with Crippen LogP contribution in [0.1, 0.15) is 5.56 Å². The number of carboxylic acids is 1. The fourth-order valence-electron chi connectivity index (χ4n) is 2.19. The molecule has 1 aromatic carbocycles. The van der Waals surface area contributed by atoms with Gasteiger partial charge in [-0.1, -0.05) is 28.1 Å². The first-order chi connectivity index (χ1) is 10.1. The molecule has 2 aromatic rings. The quantitative estimate of drug-likeness (QED) is 0.829. The van der Waals surface area contributed by atoms with Crippen molar-refractivity contribution in [3.63, 3.8) is 0 Å². The second-order valence-electron chi connectivity index (χ2n) is 4.70. The zero-order valence-corrected chi connectivity index (χ0v) is 13.3. The smallest absolute Gasteiger partial charge is 0.317 e. The van der Waals surface area contributed by atoms with Crippen LogP contribution in [0.5, 0.6) is 0 Å². The third kappa shape index (κ3) is 4.23. The average Bonchev–Trinajstić information content (AvgIpc) is 2.47. The first-order valence-electron chi connectivity index (χ1n) is 6.57. The molecule has 1 aromatic heterocycles. The normalized spacial score (nSPS) is 11.2. The number of fused-ring (bicyclic) bond motifs is 1. The third-order valence-electron chi connectivity index (χ3n) is 3.16. The molecule has 1 heterocycles. The van der Waals surface area contributed by atoms with Crippen molar-refractivity contribution in [2.24, 2.45) is 0 Å². The Labute approximate surface area is 131 Å². The van der Waals surface area contributed by atoms with Crippen molar-refractivity contribution in [2.45, 2.75) is 6.54 Å². The minimum absolute atomic E-state index is 0.0201. The van der Waals surface area contributed by atoms with Gasteiger partial charge < -0.3 is 9.84 Å². The zero-order valence-electron chi connectivity index (χ0n) is 11.8. The van der Waals surface area contributed by atoms with E-state index in [9.17, 15) is 4.79 Å². The van der Waals surface area contributed by atoms with Gasteiger partial charge in [0.25, 0.3) is 0 Å². The van der Waals surface area contributed by atoms with Gasteiger partial charge in [0, 0.05) is 36.3 Å². The minimum Gasteiger partial charge on any atom is -0.480 e. The Bertz CT molecular complexity index is 633. The molecule has 0 aliphatic rings. The van der Waals surface area contributed by atoms with E-state index in [1.807, 2.05) is 29.2 Å². The molecule has 112 valence electrons. The van der Waals surface area contributed by atoms with Crippen LogP contribution in [0.3, 0.4) is 0 Å². The van der Waals surface area contributed by atoms with Gasteiger partial charge in [-0.15, -0.1) is 0 Å². The van der Waals surface area contributed by atoms with Gasteiger partial charge in [0.05, 0.1) is 18.7 Å². The standard InChI is InChI=1S/C15H17BrN2O3/c1-21-8-7-18(10-14(19)20)9-11-4-5-13(16)12-3-2-6-17-15(11)12/h2-6H,7-10H2,1H3,(H,19,20). The summed E-state index contributed by atoms with van der Waals surface area (Å²) >= 11 is 3.51. The summed E-state index contributed by atoms with van der Waals surface area (Å²) in [5.74, 6) is -0.847. The van der Waals surface area contributed by atoms with Crippen molar-refractivity contribution in [1.29, 1.82) is 0 Å². The highest BCUT2D eigenvalue weighted by Gasteiger charge is 2.13. The lowest BCUT2D eigenvalue weighted by atomic mass is 10.1. The maximum absolute atomic E-state index is 11.0. The highest BCUT2D eigenvalue weighted by Crippen LogP contribution is 2.25. The summed E-state index contributed by atoms with van der Waals surface area (Å²) in [7, 11) is 1.61. The minimum atomic E-state index is -0.847. The highest BCUT2D eigenvalue weighted by atomic mass is 79.9. The Morgan fingerprint density at radius 1 is 1.43 bits per heavy atom. The lowest BCUT2D eigenvalue weighted by Gasteiger charge is -2.20. The van der Waals surface area contributed by atoms with Crippen LogP contribution in [0.4, 0.5) is 0 Å². The Morgan fingerprint density at radius 2 is 2.24 bits per heavy atom. The number of aliphatic carboxylic acids is 1. The van der Waals surface area contributed by atoms with Crippen molar-refractivity contribution in [2.75, 3.05) is 26.8 Å². The van der Waals surface area contributed by atoms with Gasteiger partial charge in [-0.25, -0.2) is 0 Å². The van der Waals surface area contributed by atoms with Crippen LogP contribution in [-0.4, -0.2) is 47.8 Å². The summed E-state index contributed by atoms with van der Waals surface area (Å²) in [5, 5.41) is 10.0. The van der Waals surface area contributed by atoms with Gasteiger partial charge in [0.1, 0.15) is 0 Å². The van der Waals surface area contributed by atoms with E-state index in [1.54, 1.807) is 13.3 Å². The molecule has 6 heteroatoms. The summed E-state index contributed by atoms with van der Waals surface area (Å²) in [5.41, 5.74) is 1.89. The number of aromatic nitrogens is 1. The molecule has 0 unspecified atom stereocenters. The number of hydrogen-bond acceptors (Lipinski definition) is 4. The van der Waals surface area contributed by atoms with Gasteiger partial charge in [0.15, 0.2) is 0 Å². The van der Waals surface area contributed by atoms with Crippen LogP contribution in [0.25, 0.3) is 10.9 Å². The molecule has 0 aliphatic heterocycles. The first-order valence-corrected chi connectivity index (χ1v) is 7.36. The molecule has 21 heavy (non-hydrogen) atoms. The van der Waals surface area contributed by atoms with Crippen LogP contribution in [0, 0.1) is 0 Å². The number of pyridine rings is 1. The maximum atomic E-state index is 11.0. The summed E-state index contributed by atoms with van der Waals surface area (Å²) in [4.78, 5) is 17.2. The summed E-state index contributed by atoms with van der Waals surface area (Å²) in [6, 6.07) is 7.82. The number of halogens is 1. The molecular weight excluding hydrogens is 336 g/mol. The molecule has 0 radical (unpaired) electrons. The predicted molar refractivity (Wildman–Crippen MR) is 84.2 cm³/mol. The average molecular weight is 353 g/mol. The molecule has 0 atom stereocenters. The van der Waals surface area contributed by atoms with Crippen LogP contribution < -0.4 is 0 Å². The number of benzene rings is 1. The fourth-order valence-corrected chi connectivity index (χ4v) is 2.64. The molecule has 0 spiro atoms. The molecule has 0 fully saturated rings. The van der Waals surface area contributed by atoms with Gasteiger partial charge in [-0.2, -0.15) is 0 Å². The molecule has 0 bridgehead atoms. The van der Waals surface area contributed by atoms with E-state index in [0.29, 0.717) is 19.7 Å². The second kappa shape index (κ2) is 7.49. The number of nitrogens with zero attached hydrogens (tertiary/aromatic N) is 2. The zero-order chi connectivity index (χ0) is 15.2. The molecule has 0 amide bonds. The van der Waals surface area contributed by atoms with Crippen molar-refractivity contribution in [3.8, 4) is 0 Å². The van der Waals surface area contributed by atoms with E-state index >= 15 is 0 Å². The molecule has 0 saturated carbocycles. The highest BCUT2D eigenvalue weighted by molar-refractivity contribution is 9.10. The maximum Gasteiger partial charge on any atom is 0.317 e. The SMILES string of the molecule is COCCN(CC(=O)O)Cc1ccc(Br)c2cccnc12. The number of carboxylic acid groups (broad SMARTS) is 1. The Kier molecular flexibility index (Phi) is 5.67. The molecule has 0 aliphatic carbocycles. The fraction of sp³-hybridized carbons (Fsp3) is 0.333. The van der Waals surface area contributed by atoms with Crippen molar-refractivity contribution in [1.82, 2.24) is 9.88 Å². The van der Waals surface area contributed by atoms with Crippen LogP contribution in [-0.2, 0) is 16.1 Å². The summed E-state index contributed by atoms with van der Waals surface area (Å²) < 4.78 is 6.02. The predicted octanol–water partition coefficient (Wildman–Crippen LogP) is 2.53. The molecule has 2 rings (SSSR count). The molecule has 1 N–H and O–H groups in total. The van der Waals surface area contributed by atoms with Crippen molar-refractivity contribution in [3.05, 3.63) is 40.5 Å². The van der Waals surface area contributed by atoms with E-state index in [2.05, 4.69) is 20.9 Å². The third-order valence-corrected chi connectivity index (χ3v) is 3.86. The number of ether oxygens (including phenoxy) is 1. The van der Waals surface area contributed by atoms with Crippen LogP contribution in [0.2, 0.25) is 0 Å². The topological polar surface area (TPSA) is 62.7 Å². The lowest BCUT2D eigenvalue weighted by Crippen LogP contribution is -2.32. The van der Waals surface area contributed by atoms with E-state index in [-0.39, 0.29) is 6.54 Å². The van der Waals surface area contributed by atoms with E-state index < -0.39 is 5.97 Å². The Morgan fingerprint density at radius 3 is 2.95 bits per heavy atom. The van der Waals surface area contributed by atoms with Crippen LogP contribution >= 0.6 is 15.9 Å². The van der Waals surface area contributed by atoms with E-state index in [4.69, 9.17) is 9.84 Å². The number of methoxy groups -OCH3 is 1. The van der Waals surface area contributed by atoms with Gasteiger partial charge in [-0.3, -0.25) is 14.7 Å². The summed E-state index contributed by atoms with van der Waals surface area (Å²) in [6.45, 7) is 1.56. The largest absolute Gasteiger partial charge is 0.480 e. The summed E-state index contributed by atoms with van der Waals surface area (Å²) in [6.07, 6.45) is 1.75. The Balaban J connectivity index is 2.27. The van der Waals surface area contributed by atoms with Crippen LogP contribution in [0.15, 0.2) is 34.9 Å². The van der Waals surface area contributed by atoms with Crippen molar-refractivity contribution < 1.29 is 14.6 Å². The lowest BCUT2D eigenvalue weighted by molar-refractivity contribution is -0.138. The number of rotatable bonds is 7. The number of hydrogen-bond donors (Lipinski definition) is 1. The molecule has 0 saturated heterocycles.